The molecule has 1 aromatic carbocycles. The number of hydrogen-bond acceptors (Lipinski definition) is 4. The van der Waals surface area contributed by atoms with Crippen LogP contribution in [0.15, 0.2) is 46.8 Å². The molecule has 20 heavy (non-hydrogen) atoms. The van der Waals surface area contributed by atoms with Gasteiger partial charge in [0.1, 0.15) is 4.70 Å². The summed E-state index contributed by atoms with van der Waals surface area (Å²) in [5.41, 5.74) is 3.12. The van der Waals surface area contributed by atoms with Gasteiger partial charge >= 0.3 is 0 Å². The van der Waals surface area contributed by atoms with Crippen molar-refractivity contribution in [2.75, 3.05) is 11.9 Å². The molecule has 0 unspecified atom stereocenters. The molecular weight excluding hydrogens is 270 g/mol. The lowest BCUT2D eigenvalue weighted by Crippen LogP contribution is -2.23. The third-order valence-corrected chi connectivity index (χ3v) is 4.06. The highest BCUT2D eigenvalue weighted by molar-refractivity contribution is 7.17. The summed E-state index contributed by atoms with van der Waals surface area (Å²) in [7, 11) is 0. The smallest absolute Gasteiger partial charge is 0.271 e. The van der Waals surface area contributed by atoms with Gasteiger partial charge in [0.2, 0.25) is 0 Å². The van der Waals surface area contributed by atoms with E-state index in [4.69, 9.17) is 0 Å². The molecule has 0 aliphatic heterocycles. The number of anilines is 1. The number of hydrogen-bond donors (Lipinski definition) is 1. The van der Waals surface area contributed by atoms with Crippen LogP contribution in [0.2, 0.25) is 0 Å². The predicted molar refractivity (Wildman–Crippen MR) is 83.5 cm³/mol. The molecule has 102 valence electrons. The summed E-state index contributed by atoms with van der Waals surface area (Å²) in [5, 5.41) is 5.20. The fraction of sp³-hybridized carbons (Fsp3) is 0.200. The molecule has 0 aliphatic carbocycles. The molecule has 2 heterocycles. The van der Waals surface area contributed by atoms with Gasteiger partial charge in [-0.15, -0.1) is 11.3 Å². The first-order chi connectivity index (χ1) is 9.74. The Balaban J connectivity index is 1.69. The van der Waals surface area contributed by atoms with Gasteiger partial charge in [-0.2, -0.15) is 0 Å². The fourth-order valence-corrected chi connectivity index (χ4v) is 2.82. The second-order valence-electron chi connectivity index (χ2n) is 4.67. The van der Waals surface area contributed by atoms with E-state index in [9.17, 15) is 4.79 Å². The van der Waals surface area contributed by atoms with Crippen molar-refractivity contribution in [1.82, 2.24) is 9.55 Å². The first kappa shape index (κ1) is 12.9. The number of rotatable bonds is 4. The van der Waals surface area contributed by atoms with E-state index in [1.807, 2.05) is 23.6 Å². The van der Waals surface area contributed by atoms with Gasteiger partial charge in [-0.05, 0) is 30.5 Å². The van der Waals surface area contributed by atoms with Crippen LogP contribution in [0.25, 0.3) is 10.2 Å². The Hall–Kier alpha value is -2.14. The summed E-state index contributed by atoms with van der Waals surface area (Å²) < 4.78 is 2.38. The summed E-state index contributed by atoms with van der Waals surface area (Å²) in [6.07, 6.45) is 1.62. The molecule has 0 atom stereocenters. The summed E-state index contributed by atoms with van der Waals surface area (Å²) in [6, 6.07) is 10.1. The van der Waals surface area contributed by atoms with Gasteiger partial charge in [-0.3, -0.25) is 9.36 Å². The molecule has 0 bridgehead atoms. The minimum atomic E-state index is 0.0377. The van der Waals surface area contributed by atoms with Crippen LogP contribution in [-0.4, -0.2) is 16.1 Å². The maximum absolute atomic E-state index is 12.2. The zero-order valence-electron chi connectivity index (χ0n) is 11.2. The predicted octanol–water partition coefficient (Wildman–Crippen LogP) is 2.88. The Bertz CT molecular complexity index is 774. The van der Waals surface area contributed by atoms with Crippen LogP contribution < -0.4 is 10.9 Å². The van der Waals surface area contributed by atoms with E-state index in [1.54, 1.807) is 10.9 Å². The van der Waals surface area contributed by atoms with E-state index < -0.39 is 0 Å². The normalized spacial score (nSPS) is 10.8. The standard InChI is InChI=1S/C15H15N3OS/c1-11-2-4-12(5-3-11)16-7-8-18-10-17-13-6-9-20-14(13)15(18)19/h2-6,9-10,16H,7-8H2,1H3. The molecule has 0 saturated carbocycles. The monoisotopic (exact) mass is 285 g/mol. The van der Waals surface area contributed by atoms with Crippen LogP contribution in [0.5, 0.6) is 0 Å². The number of nitrogens with zero attached hydrogens (tertiary/aromatic N) is 2. The van der Waals surface area contributed by atoms with Crippen LogP contribution in [-0.2, 0) is 6.54 Å². The zero-order valence-corrected chi connectivity index (χ0v) is 12.0. The molecule has 4 nitrogen and oxygen atoms in total. The Labute approximate surface area is 120 Å². The fourth-order valence-electron chi connectivity index (χ4n) is 2.03. The maximum Gasteiger partial charge on any atom is 0.271 e. The van der Waals surface area contributed by atoms with Crippen molar-refractivity contribution in [3.8, 4) is 0 Å². The van der Waals surface area contributed by atoms with E-state index in [2.05, 4.69) is 29.4 Å². The molecule has 1 N–H and O–H groups in total. The summed E-state index contributed by atoms with van der Waals surface area (Å²) in [5.74, 6) is 0. The molecule has 0 amide bonds. The van der Waals surface area contributed by atoms with Crippen molar-refractivity contribution >= 4 is 27.2 Å². The molecule has 3 rings (SSSR count). The number of nitrogens with one attached hydrogen (secondary N) is 1. The van der Waals surface area contributed by atoms with Crippen molar-refractivity contribution in [3.05, 3.63) is 58.0 Å². The molecule has 3 aromatic rings. The van der Waals surface area contributed by atoms with E-state index in [0.29, 0.717) is 13.1 Å². The summed E-state index contributed by atoms with van der Waals surface area (Å²) >= 11 is 1.44. The Kier molecular flexibility index (Phi) is 3.52. The molecule has 0 aliphatic rings. The largest absolute Gasteiger partial charge is 0.383 e. The van der Waals surface area contributed by atoms with Crippen molar-refractivity contribution in [2.24, 2.45) is 0 Å². The number of aryl methyl sites for hydroxylation is 1. The maximum atomic E-state index is 12.2. The van der Waals surface area contributed by atoms with Crippen molar-refractivity contribution in [3.63, 3.8) is 0 Å². The second kappa shape index (κ2) is 5.46. The highest BCUT2D eigenvalue weighted by Crippen LogP contribution is 2.13. The Morgan fingerprint density at radius 2 is 2.05 bits per heavy atom. The van der Waals surface area contributed by atoms with Gasteiger partial charge in [0.25, 0.3) is 5.56 Å². The van der Waals surface area contributed by atoms with E-state index in [-0.39, 0.29) is 5.56 Å². The van der Waals surface area contributed by atoms with Crippen LogP contribution >= 0.6 is 11.3 Å². The summed E-state index contributed by atoms with van der Waals surface area (Å²) in [6.45, 7) is 3.36. The first-order valence-corrected chi connectivity index (χ1v) is 7.35. The minimum absolute atomic E-state index is 0.0377. The average molecular weight is 285 g/mol. The van der Waals surface area contributed by atoms with Crippen LogP contribution in [0.1, 0.15) is 5.56 Å². The van der Waals surface area contributed by atoms with Gasteiger partial charge in [-0.1, -0.05) is 17.7 Å². The first-order valence-electron chi connectivity index (χ1n) is 6.47. The lowest BCUT2D eigenvalue weighted by atomic mass is 10.2. The topological polar surface area (TPSA) is 46.9 Å². The average Bonchev–Trinajstić information content (AvgIpc) is 2.93. The van der Waals surface area contributed by atoms with E-state index in [1.165, 1.54) is 16.9 Å². The molecule has 0 fully saturated rings. The molecule has 2 aromatic heterocycles. The van der Waals surface area contributed by atoms with Crippen molar-refractivity contribution < 1.29 is 0 Å². The second-order valence-corrected chi connectivity index (χ2v) is 5.59. The van der Waals surface area contributed by atoms with E-state index in [0.717, 1.165) is 15.9 Å². The molecule has 0 saturated heterocycles. The van der Waals surface area contributed by atoms with Gasteiger partial charge in [0.15, 0.2) is 0 Å². The quantitative estimate of drug-likeness (QED) is 0.802. The van der Waals surface area contributed by atoms with Crippen molar-refractivity contribution in [2.45, 2.75) is 13.5 Å². The molecule has 0 spiro atoms. The van der Waals surface area contributed by atoms with Gasteiger partial charge < -0.3 is 5.32 Å². The highest BCUT2D eigenvalue weighted by Gasteiger charge is 2.04. The number of aromatic nitrogens is 2. The molecular formula is C15H15N3OS. The Morgan fingerprint density at radius 1 is 1.25 bits per heavy atom. The molecule has 0 radical (unpaired) electrons. The van der Waals surface area contributed by atoms with Crippen LogP contribution in [0, 0.1) is 6.92 Å². The van der Waals surface area contributed by atoms with Crippen molar-refractivity contribution in [1.29, 1.82) is 0 Å². The summed E-state index contributed by atoms with van der Waals surface area (Å²) in [4.78, 5) is 16.5. The Morgan fingerprint density at radius 3 is 2.85 bits per heavy atom. The SMILES string of the molecule is Cc1ccc(NCCn2cnc3ccsc3c2=O)cc1. The highest BCUT2D eigenvalue weighted by atomic mass is 32.1. The van der Waals surface area contributed by atoms with Gasteiger partial charge in [-0.25, -0.2) is 4.98 Å². The van der Waals surface area contributed by atoms with Crippen LogP contribution in [0.4, 0.5) is 5.69 Å². The van der Waals surface area contributed by atoms with Gasteiger partial charge in [0, 0.05) is 18.8 Å². The third-order valence-electron chi connectivity index (χ3n) is 3.17. The third kappa shape index (κ3) is 2.58. The number of benzene rings is 1. The van der Waals surface area contributed by atoms with E-state index >= 15 is 0 Å². The van der Waals surface area contributed by atoms with Crippen LogP contribution in [0.3, 0.4) is 0 Å². The minimum Gasteiger partial charge on any atom is -0.383 e. The van der Waals surface area contributed by atoms with Gasteiger partial charge in [0.05, 0.1) is 11.8 Å². The lowest BCUT2D eigenvalue weighted by molar-refractivity contribution is 0.690. The number of thiophene rings is 1. The number of fused-ring (bicyclic) bond motifs is 1. The zero-order chi connectivity index (χ0) is 13.9. The molecule has 5 heteroatoms. The lowest BCUT2D eigenvalue weighted by Gasteiger charge is -2.08.